The van der Waals surface area contributed by atoms with Crippen LogP contribution in [0.1, 0.15) is 47.1 Å². The van der Waals surface area contributed by atoms with E-state index in [1.807, 2.05) is 0 Å². The van der Waals surface area contributed by atoms with E-state index in [-0.39, 0.29) is 17.4 Å². The van der Waals surface area contributed by atoms with Crippen LogP contribution in [0, 0.1) is 5.82 Å². The molecule has 0 aliphatic heterocycles. The van der Waals surface area contributed by atoms with Gasteiger partial charge in [0, 0.05) is 16.8 Å². The first-order valence-electron chi connectivity index (χ1n) is 10.6. The molecule has 4 aromatic rings. The van der Waals surface area contributed by atoms with Gasteiger partial charge in [0.15, 0.2) is 11.8 Å². The van der Waals surface area contributed by atoms with E-state index in [1.54, 1.807) is 55.1 Å². The third kappa shape index (κ3) is 3.97. The van der Waals surface area contributed by atoms with Gasteiger partial charge in [-0.25, -0.2) is 13.9 Å². The fourth-order valence-corrected chi connectivity index (χ4v) is 3.91. The molecule has 8 nitrogen and oxygen atoms in total. The second-order valence-corrected chi connectivity index (χ2v) is 7.74. The summed E-state index contributed by atoms with van der Waals surface area (Å²) in [4.78, 5) is 13.0. The molecular weight excluding hydrogens is 427 g/mol. The zero-order valence-electron chi connectivity index (χ0n) is 18.1. The maximum atomic E-state index is 13.3. The molecule has 0 spiro atoms. The highest BCUT2D eigenvalue weighted by Crippen LogP contribution is 2.30. The highest BCUT2D eigenvalue weighted by atomic mass is 19.1. The number of carbonyl (C=O) groups is 1. The zero-order chi connectivity index (χ0) is 22.9. The van der Waals surface area contributed by atoms with Gasteiger partial charge in [-0.3, -0.25) is 0 Å². The smallest absolute Gasteiger partial charge is 0.359 e. The molecule has 1 aliphatic rings. The fourth-order valence-electron chi connectivity index (χ4n) is 3.91. The lowest BCUT2D eigenvalue weighted by Crippen LogP contribution is -2.12. The molecule has 0 saturated carbocycles. The lowest BCUT2D eigenvalue weighted by molar-refractivity contribution is 0.0271. The molecule has 33 heavy (non-hydrogen) atoms. The van der Waals surface area contributed by atoms with Crippen molar-refractivity contribution in [2.24, 2.45) is 0 Å². The van der Waals surface area contributed by atoms with Crippen LogP contribution in [-0.2, 0) is 17.6 Å². The lowest BCUT2D eigenvalue weighted by atomic mass is 10.2. The zero-order valence-corrected chi connectivity index (χ0v) is 18.1. The summed E-state index contributed by atoms with van der Waals surface area (Å²) in [5, 5.41) is 12.6. The Morgan fingerprint density at radius 3 is 2.58 bits per heavy atom. The first-order chi connectivity index (χ1) is 16.0. The van der Waals surface area contributed by atoms with E-state index < -0.39 is 12.1 Å². The van der Waals surface area contributed by atoms with Crippen molar-refractivity contribution in [2.45, 2.75) is 32.3 Å². The predicted molar refractivity (Wildman–Crippen MR) is 116 cm³/mol. The van der Waals surface area contributed by atoms with Crippen molar-refractivity contribution in [1.82, 2.24) is 20.0 Å². The van der Waals surface area contributed by atoms with Crippen molar-refractivity contribution in [3.05, 3.63) is 77.2 Å². The lowest BCUT2D eigenvalue weighted by Gasteiger charge is -2.08. The number of ether oxygens (including phenoxy) is 2. The number of nitrogens with zero attached hydrogens (tertiary/aromatic N) is 4. The summed E-state index contributed by atoms with van der Waals surface area (Å²) in [5.74, 6) is 0.324. The van der Waals surface area contributed by atoms with Crippen molar-refractivity contribution in [3.63, 3.8) is 0 Å². The van der Waals surface area contributed by atoms with Crippen LogP contribution in [0.5, 0.6) is 5.75 Å². The van der Waals surface area contributed by atoms with Crippen LogP contribution < -0.4 is 4.74 Å². The molecule has 0 fully saturated rings. The standard InChI is InChI=1S/C24H21FN4O4/c1-14(22-26-27-23(33-22)15-6-12-18(31-2)13-7-15)32-24(30)21-19-4-3-5-20(19)29(28-21)17-10-8-16(25)9-11-17/h6-14H,3-5H2,1-2H3. The first-order valence-corrected chi connectivity index (χ1v) is 10.6. The van der Waals surface area contributed by atoms with E-state index in [9.17, 15) is 9.18 Å². The molecule has 1 unspecified atom stereocenters. The molecule has 5 rings (SSSR count). The minimum absolute atomic E-state index is 0.184. The van der Waals surface area contributed by atoms with Crippen molar-refractivity contribution in [2.75, 3.05) is 7.11 Å². The fraction of sp³-hybridized carbons (Fsp3) is 0.250. The van der Waals surface area contributed by atoms with Gasteiger partial charge in [0.1, 0.15) is 11.6 Å². The molecule has 0 saturated heterocycles. The van der Waals surface area contributed by atoms with Crippen molar-refractivity contribution in [3.8, 4) is 22.9 Å². The van der Waals surface area contributed by atoms with E-state index >= 15 is 0 Å². The van der Waals surface area contributed by atoms with Gasteiger partial charge < -0.3 is 13.9 Å². The second-order valence-electron chi connectivity index (χ2n) is 7.74. The van der Waals surface area contributed by atoms with E-state index in [0.717, 1.165) is 36.1 Å². The third-order valence-corrected chi connectivity index (χ3v) is 5.60. The molecule has 168 valence electrons. The van der Waals surface area contributed by atoms with Gasteiger partial charge in [-0.05, 0) is 74.7 Å². The van der Waals surface area contributed by atoms with Crippen LogP contribution in [0.4, 0.5) is 4.39 Å². The number of aromatic nitrogens is 4. The van der Waals surface area contributed by atoms with Crippen molar-refractivity contribution >= 4 is 5.97 Å². The summed E-state index contributed by atoms with van der Waals surface area (Å²) in [6.07, 6.45) is 1.68. The number of carbonyl (C=O) groups excluding carboxylic acids is 1. The number of methoxy groups -OCH3 is 1. The Bertz CT molecular complexity index is 1300. The summed E-state index contributed by atoms with van der Waals surface area (Å²) >= 11 is 0. The number of hydrogen-bond donors (Lipinski definition) is 0. The summed E-state index contributed by atoms with van der Waals surface area (Å²) in [6, 6.07) is 13.2. The Morgan fingerprint density at radius 2 is 1.85 bits per heavy atom. The largest absolute Gasteiger partial charge is 0.497 e. The molecule has 0 N–H and O–H groups in total. The quantitative estimate of drug-likeness (QED) is 0.402. The minimum Gasteiger partial charge on any atom is -0.497 e. The van der Waals surface area contributed by atoms with Gasteiger partial charge in [-0.2, -0.15) is 5.10 Å². The summed E-state index contributed by atoms with van der Waals surface area (Å²) < 4.78 is 31.5. The molecule has 0 radical (unpaired) electrons. The molecule has 0 amide bonds. The first kappa shape index (κ1) is 20.9. The average molecular weight is 448 g/mol. The minimum atomic E-state index is -0.759. The number of fused-ring (bicyclic) bond motifs is 1. The van der Waals surface area contributed by atoms with E-state index in [4.69, 9.17) is 13.9 Å². The molecule has 1 aliphatic carbocycles. The Kier molecular flexibility index (Phi) is 5.37. The molecular formula is C24H21FN4O4. The maximum Gasteiger partial charge on any atom is 0.359 e. The van der Waals surface area contributed by atoms with Crippen LogP contribution in [0.25, 0.3) is 17.1 Å². The topological polar surface area (TPSA) is 92.3 Å². The molecule has 2 heterocycles. The van der Waals surface area contributed by atoms with Gasteiger partial charge in [-0.1, -0.05) is 0 Å². The monoisotopic (exact) mass is 448 g/mol. The molecule has 1 atom stereocenters. The Hall–Kier alpha value is -4.01. The number of rotatable bonds is 6. The van der Waals surface area contributed by atoms with Crippen LogP contribution in [-0.4, -0.2) is 33.1 Å². The van der Waals surface area contributed by atoms with E-state index in [1.165, 1.54) is 12.1 Å². The SMILES string of the molecule is COc1ccc(-c2nnc(C(C)OC(=O)c3nn(-c4ccc(F)cc4)c4c3CCC4)o2)cc1. The highest BCUT2D eigenvalue weighted by Gasteiger charge is 2.30. The Labute approximate surface area is 189 Å². The number of hydrogen-bond acceptors (Lipinski definition) is 7. The van der Waals surface area contributed by atoms with Crippen molar-refractivity contribution in [1.29, 1.82) is 0 Å². The van der Waals surface area contributed by atoms with Crippen LogP contribution in [0.2, 0.25) is 0 Å². The van der Waals surface area contributed by atoms with Gasteiger partial charge in [0.2, 0.25) is 5.89 Å². The third-order valence-electron chi connectivity index (χ3n) is 5.60. The number of halogens is 1. The molecule has 2 aromatic heterocycles. The highest BCUT2D eigenvalue weighted by molar-refractivity contribution is 5.89. The predicted octanol–water partition coefficient (Wildman–Crippen LogP) is 4.48. The molecule has 0 bridgehead atoms. The van der Waals surface area contributed by atoms with Gasteiger partial charge in [0.05, 0.1) is 12.8 Å². The summed E-state index contributed by atoms with van der Waals surface area (Å²) in [5.41, 5.74) is 3.49. The maximum absolute atomic E-state index is 13.3. The normalized spacial score (nSPS) is 13.5. The van der Waals surface area contributed by atoms with Crippen molar-refractivity contribution < 1.29 is 23.1 Å². The van der Waals surface area contributed by atoms with Crippen LogP contribution >= 0.6 is 0 Å². The summed E-state index contributed by atoms with van der Waals surface area (Å²) in [7, 11) is 1.59. The van der Waals surface area contributed by atoms with Gasteiger partial charge in [-0.15, -0.1) is 10.2 Å². The number of esters is 1. The molecule has 2 aromatic carbocycles. The van der Waals surface area contributed by atoms with Crippen LogP contribution in [0.15, 0.2) is 52.9 Å². The molecule has 9 heteroatoms. The van der Waals surface area contributed by atoms with Gasteiger partial charge in [0.25, 0.3) is 5.89 Å². The van der Waals surface area contributed by atoms with Gasteiger partial charge >= 0.3 is 5.97 Å². The second kappa shape index (κ2) is 8.50. The Balaban J connectivity index is 1.35. The van der Waals surface area contributed by atoms with Crippen LogP contribution in [0.3, 0.4) is 0 Å². The number of benzene rings is 2. The van der Waals surface area contributed by atoms with E-state index in [2.05, 4.69) is 15.3 Å². The summed E-state index contributed by atoms with van der Waals surface area (Å²) in [6.45, 7) is 1.67. The van der Waals surface area contributed by atoms with E-state index in [0.29, 0.717) is 17.3 Å². The average Bonchev–Trinajstić information content (AvgIpc) is 3.57. The Morgan fingerprint density at radius 1 is 1.09 bits per heavy atom.